The first-order chi connectivity index (χ1) is 9.58. The van der Waals surface area contributed by atoms with E-state index < -0.39 is 6.04 Å². The van der Waals surface area contributed by atoms with Gasteiger partial charge >= 0.3 is 0 Å². The summed E-state index contributed by atoms with van der Waals surface area (Å²) in [5, 5.41) is 9.58. The number of rotatable bonds is 4. The molecular weight excluding hydrogens is 252 g/mol. The molecule has 0 bridgehead atoms. The number of hydrogen-bond donors (Lipinski definition) is 2. The predicted molar refractivity (Wildman–Crippen MR) is 79.1 cm³/mol. The zero-order chi connectivity index (χ0) is 14.5. The molecule has 110 valence electrons. The molecule has 1 aliphatic rings. The molecule has 2 rings (SSSR count). The third kappa shape index (κ3) is 3.81. The maximum Gasteiger partial charge on any atom is 0.239 e. The van der Waals surface area contributed by atoms with Crippen LogP contribution in [0.25, 0.3) is 0 Å². The number of nitrogens with two attached hydrogens (primary N) is 1. The van der Waals surface area contributed by atoms with Crippen molar-refractivity contribution in [2.24, 2.45) is 11.7 Å². The van der Waals surface area contributed by atoms with Gasteiger partial charge in [0.05, 0.1) is 12.1 Å². The fraction of sp³-hybridized carbons (Fsp3) is 0.562. The molecule has 20 heavy (non-hydrogen) atoms. The first kappa shape index (κ1) is 15.0. The molecule has 0 aliphatic carbocycles. The van der Waals surface area contributed by atoms with Gasteiger partial charge in [-0.25, -0.2) is 0 Å². The summed E-state index contributed by atoms with van der Waals surface area (Å²) in [6.07, 6.45) is 2.02. The first-order valence-electron chi connectivity index (χ1n) is 7.34. The molecular formula is C16H24N2O2. The number of carbonyl (C=O) groups is 1. The van der Waals surface area contributed by atoms with E-state index in [1.54, 1.807) is 0 Å². The number of likely N-dealkylation sites (tertiary alicyclic amines) is 1. The summed E-state index contributed by atoms with van der Waals surface area (Å²) in [5.74, 6) is 0.335. The third-order valence-corrected chi connectivity index (χ3v) is 4.15. The van der Waals surface area contributed by atoms with Crippen molar-refractivity contribution in [1.82, 2.24) is 4.90 Å². The highest BCUT2D eigenvalue weighted by atomic mass is 16.3. The summed E-state index contributed by atoms with van der Waals surface area (Å²) >= 11 is 0. The number of carbonyl (C=O) groups excluding carboxylic acids is 1. The van der Waals surface area contributed by atoms with Crippen molar-refractivity contribution >= 4 is 5.91 Å². The second-order valence-corrected chi connectivity index (χ2v) is 5.70. The van der Waals surface area contributed by atoms with Gasteiger partial charge in [0.15, 0.2) is 0 Å². The van der Waals surface area contributed by atoms with E-state index >= 15 is 0 Å². The van der Waals surface area contributed by atoms with Gasteiger partial charge in [-0.3, -0.25) is 4.79 Å². The zero-order valence-electron chi connectivity index (χ0n) is 12.0. The molecule has 0 spiro atoms. The predicted octanol–water partition coefficient (Wildman–Crippen LogP) is 1.18. The van der Waals surface area contributed by atoms with Crippen LogP contribution in [-0.2, 0) is 11.2 Å². The Balaban J connectivity index is 1.85. The lowest BCUT2D eigenvalue weighted by Crippen LogP contribution is -2.48. The van der Waals surface area contributed by atoms with Crippen molar-refractivity contribution in [3.05, 3.63) is 35.9 Å². The zero-order valence-corrected chi connectivity index (χ0v) is 12.0. The van der Waals surface area contributed by atoms with Gasteiger partial charge in [-0.05, 0) is 37.7 Å². The average molecular weight is 276 g/mol. The topological polar surface area (TPSA) is 66.6 Å². The number of piperidine rings is 1. The number of nitrogens with zero attached hydrogens (tertiary/aromatic N) is 1. The molecule has 1 aromatic carbocycles. The number of benzene rings is 1. The Labute approximate surface area is 120 Å². The van der Waals surface area contributed by atoms with Crippen molar-refractivity contribution < 1.29 is 9.90 Å². The van der Waals surface area contributed by atoms with Gasteiger partial charge in [0, 0.05) is 13.1 Å². The number of aliphatic hydroxyl groups is 1. The summed E-state index contributed by atoms with van der Waals surface area (Å²) in [6, 6.07) is 9.39. The molecule has 0 unspecified atom stereocenters. The van der Waals surface area contributed by atoms with Crippen LogP contribution in [0.4, 0.5) is 0 Å². The summed E-state index contributed by atoms with van der Waals surface area (Å²) in [7, 11) is 0. The minimum absolute atomic E-state index is 0.0258. The SMILES string of the molecule is C[C@@H](O)C1CCN(C(=O)[C@H](N)Cc2ccccc2)CC1. The van der Waals surface area contributed by atoms with E-state index in [1.165, 1.54) is 0 Å². The second kappa shape index (κ2) is 6.86. The van der Waals surface area contributed by atoms with Gasteiger partial charge in [0.1, 0.15) is 0 Å². The van der Waals surface area contributed by atoms with Gasteiger partial charge < -0.3 is 15.7 Å². The lowest BCUT2D eigenvalue weighted by Gasteiger charge is -2.34. The van der Waals surface area contributed by atoms with E-state index in [4.69, 9.17) is 5.73 Å². The van der Waals surface area contributed by atoms with Gasteiger partial charge in [-0.15, -0.1) is 0 Å². The molecule has 1 heterocycles. The molecule has 1 amide bonds. The van der Waals surface area contributed by atoms with Crippen LogP contribution in [0, 0.1) is 5.92 Å². The number of amides is 1. The fourth-order valence-electron chi connectivity index (χ4n) is 2.79. The lowest BCUT2D eigenvalue weighted by atomic mass is 9.91. The Hall–Kier alpha value is -1.39. The number of hydrogen-bond acceptors (Lipinski definition) is 3. The van der Waals surface area contributed by atoms with Crippen LogP contribution in [-0.4, -0.2) is 41.1 Å². The van der Waals surface area contributed by atoms with Crippen LogP contribution in [0.5, 0.6) is 0 Å². The van der Waals surface area contributed by atoms with Crippen LogP contribution in [0.1, 0.15) is 25.3 Å². The highest BCUT2D eigenvalue weighted by molar-refractivity contribution is 5.82. The summed E-state index contributed by atoms with van der Waals surface area (Å²) < 4.78 is 0. The minimum Gasteiger partial charge on any atom is -0.393 e. The van der Waals surface area contributed by atoms with Crippen LogP contribution in [0.2, 0.25) is 0 Å². The van der Waals surface area contributed by atoms with E-state index in [-0.39, 0.29) is 12.0 Å². The summed E-state index contributed by atoms with van der Waals surface area (Å²) in [4.78, 5) is 14.2. The van der Waals surface area contributed by atoms with Crippen molar-refractivity contribution in [2.45, 2.75) is 38.3 Å². The van der Waals surface area contributed by atoms with Crippen LogP contribution < -0.4 is 5.73 Å². The second-order valence-electron chi connectivity index (χ2n) is 5.70. The largest absolute Gasteiger partial charge is 0.393 e. The van der Waals surface area contributed by atoms with Crippen molar-refractivity contribution in [1.29, 1.82) is 0 Å². The van der Waals surface area contributed by atoms with Gasteiger partial charge in [0.2, 0.25) is 5.91 Å². The fourth-order valence-corrected chi connectivity index (χ4v) is 2.79. The molecule has 1 aromatic rings. The van der Waals surface area contributed by atoms with Gasteiger partial charge in [-0.1, -0.05) is 30.3 Å². The van der Waals surface area contributed by atoms with Crippen molar-refractivity contribution in [3.8, 4) is 0 Å². The molecule has 4 heteroatoms. The standard InChI is InChI=1S/C16H24N2O2/c1-12(19)14-7-9-18(10-8-14)16(20)15(17)11-13-5-3-2-4-6-13/h2-6,12,14-15,19H,7-11,17H2,1H3/t12-,15-/m1/s1. The third-order valence-electron chi connectivity index (χ3n) is 4.15. The minimum atomic E-state index is -0.472. The van der Waals surface area contributed by atoms with Crippen molar-refractivity contribution in [3.63, 3.8) is 0 Å². The first-order valence-corrected chi connectivity index (χ1v) is 7.34. The highest BCUT2D eigenvalue weighted by Gasteiger charge is 2.28. The average Bonchev–Trinajstić information content (AvgIpc) is 2.47. The molecule has 0 radical (unpaired) electrons. The molecule has 1 saturated heterocycles. The Morgan fingerprint density at radius 3 is 2.50 bits per heavy atom. The van der Waals surface area contributed by atoms with Crippen LogP contribution in [0.3, 0.4) is 0 Å². The lowest BCUT2D eigenvalue weighted by molar-refractivity contribution is -0.134. The molecule has 1 aliphatic heterocycles. The maximum atomic E-state index is 12.3. The Morgan fingerprint density at radius 1 is 1.35 bits per heavy atom. The van der Waals surface area contributed by atoms with Crippen molar-refractivity contribution in [2.75, 3.05) is 13.1 Å². The normalized spacial score (nSPS) is 19.6. The molecule has 4 nitrogen and oxygen atoms in total. The van der Waals surface area contributed by atoms with E-state index in [0.717, 1.165) is 18.4 Å². The maximum absolute atomic E-state index is 12.3. The van der Waals surface area contributed by atoms with E-state index in [0.29, 0.717) is 25.4 Å². The number of aliphatic hydroxyl groups excluding tert-OH is 1. The summed E-state index contributed by atoms with van der Waals surface area (Å²) in [6.45, 7) is 3.23. The Bertz CT molecular complexity index is 425. The Kier molecular flexibility index (Phi) is 5.15. The quantitative estimate of drug-likeness (QED) is 0.867. The van der Waals surface area contributed by atoms with Gasteiger partial charge in [-0.2, -0.15) is 0 Å². The molecule has 0 aromatic heterocycles. The molecule has 2 atom stereocenters. The van der Waals surface area contributed by atoms with Gasteiger partial charge in [0.25, 0.3) is 0 Å². The van der Waals surface area contributed by atoms with E-state index in [2.05, 4.69) is 0 Å². The van der Waals surface area contributed by atoms with Crippen LogP contribution >= 0.6 is 0 Å². The van der Waals surface area contributed by atoms with Crippen LogP contribution in [0.15, 0.2) is 30.3 Å². The summed E-state index contributed by atoms with van der Waals surface area (Å²) in [5.41, 5.74) is 7.12. The monoisotopic (exact) mass is 276 g/mol. The smallest absolute Gasteiger partial charge is 0.239 e. The highest BCUT2D eigenvalue weighted by Crippen LogP contribution is 2.21. The molecule has 1 fully saturated rings. The Morgan fingerprint density at radius 2 is 1.95 bits per heavy atom. The molecule has 0 saturated carbocycles. The van der Waals surface area contributed by atoms with E-state index in [9.17, 15) is 9.90 Å². The molecule has 3 N–H and O–H groups in total. The van der Waals surface area contributed by atoms with E-state index in [1.807, 2.05) is 42.2 Å².